The summed E-state index contributed by atoms with van der Waals surface area (Å²) >= 11 is 0. The van der Waals surface area contributed by atoms with E-state index in [9.17, 15) is 9.50 Å². The van der Waals surface area contributed by atoms with Crippen LogP contribution in [0.3, 0.4) is 0 Å². The van der Waals surface area contributed by atoms with Crippen molar-refractivity contribution in [2.24, 2.45) is 0 Å². The number of benzene rings is 2. The highest BCUT2D eigenvalue weighted by Crippen LogP contribution is 2.39. The van der Waals surface area contributed by atoms with E-state index in [0.29, 0.717) is 6.42 Å². The van der Waals surface area contributed by atoms with Crippen LogP contribution < -0.4 is 4.90 Å². The van der Waals surface area contributed by atoms with Gasteiger partial charge in [-0.1, -0.05) is 19.1 Å². The van der Waals surface area contributed by atoms with E-state index < -0.39 is 6.10 Å². The second-order valence-corrected chi connectivity index (χ2v) is 7.91. The molecule has 3 aromatic rings. The van der Waals surface area contributed by atoms with Gasteiger partial charge in [-0.05, 0) is 61.9 Å². The monoisotopic (exact) mass is 393 g/mol. The zero-order valence-corrected chi connectivity index (χ0v) is 17.3. The molecule has 1 unspecified atom stereocenters. The van der Waals surface area contributed by atoms with Crippen LogP contribution in [0.25, 0.3) is 22.0 Å². The van der Waals surface area contributed by atoms with Crippen LogP contribution in [-0.4, -0.2) is 48.2 Å². The molecule has 152 valence electrons. The molecule has 0 radical (unpaired) electrons. The molecule has 1 aliphatic heterocycles. The summed E-state index contributed by atoms with van der Waals surface area (Å²) in [6.07, 6.45) is -0.0142. The van der Waals surface area contributed by atoms with Gasteiger partial charge >= 0.3 is 0 Å². The van der Waals surface area contributed by atoms with E-state index in [1.54, 1.807) is 12.1 Å². The minimum Gasteiger partial charge on any atom is -0.388 e. The highest BCUT2D eigenvalue weighted by molar-refractivity contribution is 5.98. The van der Waals surface area contributed by atoms with Gasteiger partial charge in [-0.15, -0.1) is 0 Å². The molecule has 1 aromatic heterocycles. The van der Waals surface area contributed by atoms with Crippen molar-refractivity contribution in [2.45, 2.75) is 26.4 Å². The van der Waals surface area contributed by atoms with Crippen molar-refractivity contribution < 1.29 is 9.50 Å². The number of nitrogens with zero attached hydrogens (tertiary/aromatic N) is 3. The van der Waals surface area contributed by atoms with Crippen LogP contribution in [0.2, 0.25) is 0 Å². The van der Waals surface area contributed by atoms with Crippen molar-refractivity contribution in [3.05, 3.63) is 59.5 Å². The Labute approximate surface area is 171 Å². The van der Waals surface area contributed by atoms with Gasteiger partial charge in [0.25, 0.3) is 0 Å². The van der Waals surface area contributed by atoms with Crippen LogP contribution in [0.1, 0.15) is 30.7 Å². The van der Waals surface area contributed by atoms with Crippen molar-refractivity contribution in [3.8, 4) is 11.1 Å². The number of aliphatic hydroxyl groups is 1. The lowest BCUT2D eigenvalue weighted by Crippen LogP contribution is -2.44. The fraction of sp³-hybridized carbons (Fsp3) is 0.375. The topological polar surface area (TPSA) is 39.6 Å². The molecular formula is C24H28FN3O. The Hall–Kier alpha value is -2.50. The van der Waals surface area contributed by atoms with Crippen LogP contribution in [-0.2, 0) is 0 Å². The first-order valence-corrected chi connectivity index (χ1v) is 10.3. The number of piperazine rings is 1. The SMILES string of the molecule is CCC(O)c1c(C)nc2ccc(N3CCN(C)CC3)cc2c1-c1ccc(F)cc1. The standard InChI is InChI=1S/C24H28FN3O/c1-4-22(29)23-16(2)26-21-10-9-19(28-13-11-27(3)12-14-28)15-20(21)24(23)17-5-7-18(25)8-6-17/h5-10,15,22,29H,4,11-14H2,1-3H3. The molecule has 0 aliphatic carbocycles. The molecule has 2 aromatic carbocycles. The fourth-order valence-corrected chi connectivity index (χ4v) is 4.19. The maximum absolute atomic E-state index is 13.6. The highest BCUT2D eigenvalue weighted by atomic mass is 19.1. The quantitative estimate of drug-likeness (QED) is 0.706. The minimum atomic E-state index is -0.612. The van der Waals surface area contributed by atoms with Gasteiger partial charge in [0.15, 0.2) is 0 Å². The van der Waals surface area contributed by atoms with Gasteiger partial charge in [-0.2, -0.15) is 0 Å². The molecule has 4 rings (SSSR count). The maximum Gasteiger partial charge on any atom is 0.123 e. The molecule has 1 N–H and O–H groups in total. The highest BCUT2D eigenvalue weighted by Gasteiger charge is 2.21. The summed E-state index contributed by atoms with van der Waals surface area (Å²) in [5, 5.41) is 11.8. The van der Waals surface area contributed by atoms with Crippen LogP contribution in [0.15, 0.2) is 42.5 Å². The number of hydrogen-bond donors (Lipinski definition) is 1. The molecule has 1 fully saturated rings. The molecule has 0 amide bonds. The summed E-state index contributed by atoms with van der Waals surface area (Å²) in [6, 6.07) is 12.9. The molecule has 0 bridgehead atoms. The number of hydrogen-bond acceptors (Lipinski definition) is 4. The number of halogens is 1. The van der Waals surface area contributed by atoms with E-state index in [1.807, 2.05) is 13.8 Å². The Bertz CT molecular complexity index is 1010. The second-order valence-electron chi connectivity index (χ2n) is 7.91. The predicted molar refractivity (Wildman–Crippen MR) is 117 cm³/mol. The third-order valence-electron chi connectivity index (χ3n) is 5.92. The molecule has 2 heterocycles. The summed E-state index contributed by atoms with van der Waals surface area (Å²) in [6.45, 7) is 7.94. The number of anilines is 1. The molecule has 4 nitrogen and oxygen atoms in total. The van der Waals surface area contributed by atoms with Crippen molar-refractivity contribution in [1.82, 2.24) is 9.88 Å². The number of aryl methyl sites for hydroxylation is 1. The summed E-state index contributed by atoms with van der Waals surface area (Å²) < 4.78 is 13.6. The van der Waals surface area contributed by atoms with Crippen molar-refractivity contribution in [1.29, 1.82) is 0 Å². The van der Waals surface area contributed by atoms with Gasteiger partial charge in [0.1, 0.15) is 5.82 Å². The third-order valence-corrected chi connectivity index (χ3v) is 5.92. The normalized spacial score (nSPS) is 16.4. The number of rotatable bonds is 4. The zero-order chi connectivity index (χ0) is 20.5. The lowest BCUT2D eigenvalue weighted by atomic mass is 9.90. The van der Waals surface area contributed by atoms with E-state index >= 15 is 0 Å². The van der Waals surface area contributed by atoms with Crippen LogP contribution in [0.5, 0.6) is 0 Å². The third kappa shape index (κ3) is 3.85. The molecule has 5 heteroatoms. The van der Waals surface area contributed by atoms with E-state index in [1.165, 1.54) is 12.1 Å². The first-order valence-electron chi connectivity index (χ1n) is 10.3. The Morgan fingerprint density at radius 2 is 1.76 bits per heavy atom. The van der Waals surface area contributed by atoms with Gasteiger partial charge in [0, 0.05) is 48.5 Å². The molecule has 1 saturated heterocycles. The molecule has 0 spiro atoms. The largest absolute Gasteiger partial charge is 0.388 e. The zero-order valence-electron chi connectivity index (χ0n) is 17.3. The fourth-order valence-electron chi connectivity index (χ4n) is 4.19. The average molecular weight is 394 g/mol. The second kappa shape index (κ2) is 8.09. The van der Waals surface area contributed by atoms with Gasteiger partial charge < -0.3 is 14.9 Å². The van der Waals surface area contributed by atoms with Gasteiger partial charge in [0.2, 0.25) is 0 Å². The Balaban J connectivity index is 1.93. The minimum absolute atomic E-state index is 0.264. The van der Waals surface area contributed by atoms with E-state index in [4.69, 9.17) is 4.98 Å². The predicted octanol–water partition coefficient (Wildman–Crippen LogP) is 4.54. The maximum atomic E-state index is 13.6. The van der Waals surface area contributed by atoms with Crippen LogP contribution in [0, 0.1) is 12.7 Å². The summed E-state index contributed by atoms with van der Waals surface area (Å²) in [5.41, 5.74) is 5.57. The van der Waals surface area contributed by atoms with Gasteiger partial charge in [-0.25, -0.2) is 4.39 Å². The molecule has 1 atom stereocenters. The van der Waals surface area contributed by atoms with Crippen LogP contribution >= 0.6 is 0 Å². The molecule has 29 heavy (non-hydrogen) atoms. The summed E-state index contributed by atoms with van der Waals surface area (Å²) in [5.74, 6) is -0.264. The van der Waals surface area contributed by atoms with Crippen LogP contribution in [0.4, 0.5) is 10.1 Å². The molecular weight excluding hydrogens is 365 g/mol. The Morgan fingerprint density at radius 3 is 2.41 bits per heavy atom. The van der Waals surface area contributed by atoms with Crippen molar-refractivity contribution in [2.75, 3.05) is 38.1 Å². The van der Waals surface area contributed by atoms with Gasteiger partial charge in [-0.3, -0.25) is 4.98 Å². The van der Waals surface area contributed by atoms with Crippen molar-refractivity contribution >= 4 is 16.6 Å². The van der Waals surface area contributed by atoms with E-state index in [0.717, 1.165) is 65.2 Å². The molecule has 0 saturated carbocycles. The molecule has 1 aliphatic rings. The Morgan fingerprint density at radius 1 is 1.07 bits per heavy atom. The summed E-state index contributed by atoms with van der Waals surface area (Å²) in [4.78, 5) is 9.51. The first kappa shape index (κ1) is 19.8. The van der Waals surface area contributed by atoms with E-state index in [2.05, 4.69) is 35.0 Å². The smallest absolute Gasteiger partial charge is 0.123 e. The first-order chi connectivity index (χ1) is 14.0. The number of likely N-dealkylation sites (N-methyl/N-ethyl adjacent to an activating group) is 1. The summed E-state index contributed by atoms with van der Waals surface area (Å²) in [7, 11) is 2.15. The van der Waals surface area contributed by atoms with E-state index in [-0.39, 0.29) is 5.82 Å². The number of pyridine rings is 1. The Kier molecular flexibility index (Phi) is 5.52. The lowest BCUT2D eigenvalue weighted by molar-refractivity contribution is 0.173. The number of fused-ring (bicyclic) bond motifs is 1. The van der Waals surface area contributed by atoms with Gasteiger partial charge in [0.05, 0.1) is 11.6 Å². The number of aromatic nitrogens is 1. The lowest BCUT2D eigenvalue weighted by Gasteiger charge is -2.34. The van der Waals surface area contributed by atoms with Crippen molar-refractivity contribution in [3.63, 3.8) is 0 Å². The number of aliphatic hydroxyl groups excluding tert-OH is 1. The average Bonchev–Trinajstić information content (AvgIpc) is 2.73.